The molecule has 0 aliphatic heterocycles. The maximum Gasteiger partial charge on any atom is 0.254 e. The van der Waals surface area contributed by atoms with E-state index in [-0.39, 0.29) is 5.91 Å². The van der Waals surface area contributed by atoms with Gasteiger partial charge in [-0.3, -0.25) is 9.78 Å². The van der Waals surface area contributed by atoms with Crippen molar-refractivity contribution in [1.29, 1.82) is 0 Å². The second-order valence-corrected chi connectivity index (χ2v) is 7.91. The van der Waals surface area contributed by atoms with Gasteiger partial charge >= 0.3 is 0 Å². The first-order valence-corrected chi connectivity index (χ1v) is 9.71. The summed E-state index contributed by atoms with van der Waals surface area (Å²) in [6, 6.07) is 10.4. The normalized spacial score (nSPS) is 13.7. The summed E-state index contributed by atoms with van der Waals surface area (Å²) in [5, 5.41) is 3.06. The smallest absolute Gasteiger partial charge is 0.254 e. The third-order valence-corrected chi connectivity index (χ3v) is 5.81. The summed E-state index contributed by atoms with van der Waals surface area (Å²) in [5.74, 6) is 0.115. The van der Waals surface area contributed by atoms with Crippen molar-refractivity contribution in [3.63, 3.8) is 0 Å². The fourth-order valence-electron chi connectivity index (χ4n) is 3.68. The number of amides is 1. The molecule has 4 rings (SSSR count). The molecule has 3 aromatic rings. The molecule has 1 amide bonds. The van der Waals surface area contributed by atoms with Crippen molar-refractivity contribution in [1.82, 2.24) is 9.88 Å². The third kappa shape index (κ3) is 3.07. The Morgan fingerprint density at radius 3 is 2.88 bits per heavy atom. The number of aryl methyl sites for hydroxylation is 2. The third-order valence-electron chi connectivity index (χ3n) is 4.95. The lowest BCUT2D eigenvalue weighted by molar-refractivity contribution is 0.0787. The molecule has 0 N–H and O–H groups in total. The lowest BCUT2D eigenvalue weighted by atomic mass is 9.89. The maximum absolute atomic E-state index is 13.4. The number of rotatable bonds is 3. The zero-order valence-corrected chi connectivity index (χ0v) is 15.5. The minimum atomic E-state index is 0.115. The summed E-state index contributed by atoms with van der Waals surface area (Å²) in [7, 11) is 1.90. The van der Waals surface area contributed by atoms with E-state index in [0.29, 0.717) is 6.54 Å². The van der Waals surface area contributed by atoms with Crippen LogP contribution in [0.4, 0.5) is 0 Å². The van der Waals surface area contributed by atoms with Gasteiger partial charge in [0, 0.05) is 23.0 Å². The Labute approximate surface area is 152 Å². The first-order chi connectivity index (χ1) is 12.1. The van der Waals surface area contributed by atoms with Crippen LogP contribution in [0.2, 0.25) is 0 Å². The Balaban J connectivity index is 1.83. The molecule has 0 unspecified atom stereocenters. The number of benzene rings is 1. The highest BCUT2D eigenvalue weighted by molar-refractivity contribution is 7.09. The molecule has 128 valence electrons. The van der Waals surface area contributed by atoms with Crippen LogP contribution in [0.15, 0.2) is 35.7 Å². The van der Waals surface area contributed by atoms with Gasteiger partial charge in [0.05, 0.1) is 17.6 Å². The highest BCUT2D eigenvalue weighted by atomic mass is 32.1. The van der Waals surface area contributed by atoms with Gasteiger partial charge in [-0.15, -0.1) is 11.3 Å². The Bertz CT molecular complexity index is 931. The summed E-state index contributed by atoms with van der Waals surface area (Å²) in [6.07, 6.45) is 4.24. The van der Waals surface area contributed by atoms with Crippen molar-refractivity contribution >= 4 is 28.1 Å². The van der Waals surface area contributed by atoms with E-state index in [1.165, 1.54) is 16.0 Å². The molecule has 1 aliphatic carbocycles. The molecule has 3 nitrogen and oxygen atoms in total. The predicted molar refractivity (Wildman–Crippen MR) is 103 cm³/mol. The lowest BCUT2D eigenvalue weighted by Crippen LogP contribution is -2.28. The fraction of sp³-hybridized carbons (Fsp3) is 0.333. The quantitative estimate of drug-likeness (QED) is 0.682. The molecule has 0 atom stereocenters. The molecule has 0 bridgehead atoms. The Morgan fingerprint density at radius 1 is 1.24 bits per heavy atom. The van der Waals surface area contributed by atoms with Crippen LogP contribution < -0.4 is 0 Å². The van der Waals surface area contributed by atoms with Gasteiger partial charge in [-0.05, 0) is 61.7 Å². The number of fused-ring (bicyclic) bond motifs is 2. The Morgan fingerprint density at radius 2 is 2.08 bits per heavy atom. The van der Waals surface area contributed by atoms with E-state index < -0.39 is 0 Å². The number of carbonyl (C=O) groups excluding carboxylic acids is 1. The number of carbonyl (C=O) groups is 1. The van der Waals surface area contributed by atoms with Crippen molar-refractivity contribution in [2.24, 2.45) is 0 Å². The standard InChI is InChI=1S/C21H22N2OS/c1-14-9-10-19-17(12-14)20(16-7-3-4-8-18(16)22-19)21(24)23(2)13-15-6-5-11-25-15/h5-6,9-12H,3-4,7-8,13H2,1-2H3. The van der Waals surface area contributed by atoms with Crippen molar-refractivity contribution in [2.45, 2.75) is 39.2 Å². The summed E-state index contributed by atoms with van der Waals surface area (Å²) in [4.78, 5) is 21.3. The summed E-state index contributed by atoms with van der Waals surface area (Å²) < 4.78 is 0. The van der Waals surface area contributed by atoms with Crippen LogP contribution in [-0.2, 0) is 19.4 Å². The minimum Gasteiger partial charge on any atom is -0.337 e. The van der Waals surface area contributed by atoms with Crippen LogP contribution >= 0.6 is 11.3 Å². The van der Waals surface area contributed by atoms with Crippen molar-refractivity contribution in [3.05, 3.63) is 63.0 Å². The van der Waals surface area contributed by atoms with E-state index in [2.05, 4.69) is 36.6 Å². The van der Waals surface area contributed by atoms with E-state index in [4.69, 9.17) is 4.98 Å². The first kappa shape index (κ1) is 16.3. The van der Waals surface area contributed by atoms with Crippen LogP contribution in [0, 0.1) is 6.92 Å². The topological polar surface area (TPSA) is 33.2 Å². The number of aromatic nitrogens is 1. The average molecular weight is 350 g/mol. The highest BCUT2D eigenvalue weighted by Gasteiger charge is 2.24. The zero-order chi connectivity index (χ0) is 17.4. The highest BCUT2D eigenvalue weighted by Crippen LogP contribution is 2.31. The van der Waals surface area contributed by atoms with Gasteiger partial charge in [0.15, 0.2) is 0 Å². The molecular formula is C21H22N2OS. The van der Waals surface area contributed by atoms with Gasteiger partial charge in [-0.2, -0.15) is 0 Å². The van der Waals surface area contributed by atoms with Crippen LogP contribution in [0.3, 0.4) is 0 Å². The van der Waals surface area contributed by atoms with Crippen molar-refractivity contribution < 1.29 is 4.79 Å². The zero-order valence-electron chi connectivity index (χ0n) is 14.7. The van der Waals surface area contributed by atoms with E-state index in [1.54, 1.807) is 11.3 Å². The SMILES string of the molecule is Cc1ccc2nc3c(c(C(=O)N(C)Cc4cccs4)c2c1)CCCC3. The second kappa shape index (κ2) is 6.60. The minimum absolute atomic E-state index is 0.115. The molecule has 0 saturated heterocycles. The summed E-state index contributed by atoms with van der Waals surface area (Å²) in [6.45, 7) is 2.73. The number of pyridine rings is 1. The Hall–Kier alpha value is -2.20. The first-order valence-electron chi connectivity index (χ1n) is 8.83. The van der Waals surface area contributed by atoms with Crippen molar-refractivity contribution in [3.8, 4) is 0 Å². The van der Waals surface area contributed by atoms with E-state index in [9.17, 15) is 4.79 Å². The van der Waals surface area contributed by atoms with E-state index >= 15 is 0 Å². The molecule has 1 aromatic carbocycles. The van der Waals surface area contributed by atoms with Gasteiger partial charge in [0.25, 0.3) is 5.91 Å². The molecule has 2 aromatic heterocycles. The predicted octanol–water partition coefficient (Wildman–Crippen LogP) is 4.76. The molecule has 25 heavy (non-hydrogen) atoms. The molecule has 4 heteroatoms. The molecule has 1 aliphatic rings. The van der Waals surface area contributed by atoms with Crippen LogP contribution in [-0.4, -0.2) is 22.8 Å². The fourth-order valence-corrected chi connectivity index (χ4v) is 4.44. The molecule has 0 radical (unpaired) electrons. The number of hydrogen-bond acceptors (Lipinski definition) is 3. The second-order valence-electron chi connectivity index (χ2n) is 6.88. The van der Waals surface area contributed by atoms with Gasteiger partial charge in [0.2, 0.25) is 0 Å². The molecular weight excluding hydrogens is 328 g/mol. The number of nitrogens with zero attached hydrogens (tertiary/aromatic N) is 2. The summed E-state index contributed by atoms with van der Waals surface area (Å²) >= 11 is 1.69. The number of hydrogen-bond donors (Lipinski definition) is 0. The van der Waals surface area contributed by atoms with Gasteiger partial charge in [-0.1, -0.05) is 17.7 Å². The van der Waals surface area contributed by atoms with Crippen LogP contribution in [0.25, 0.3) is 10.9 Å². The molecule has 0 fully saturated rings. The number of thiophene rings is 1. The van der Waals surface area contributed by atoms with Crippen molar-refractivity contribution in [2.75, 3.05) is 7.05 Å². The van der Waals surface area contributed by atoms with E-state index in [0.717, 1.165) is 47.8 Å². The lowest BCUT2D eigenvalue weighted by Gasteiger charge is -2.24. The monoisotopic (exact) mass is 350 g/mol. The van der Waals surface area contributed by atoms with Gasteiger partial charge in [-0.25, -0.2) is 0 Å². The average Bonchev–Trinajstić information content (AvgIpc) is 3.12. The molecule has 0 spiro atoms. The largest absolute Gasteiger partial charge is 0.337 e. The van der Waals surface area contributed by atoms with Gasteiger partial charge in [0.1, 0.15) is 0 Å². The molecule has 2 heterocycles. The molecule has 0 saturated carbocycles. The maximum atomic E-state index is 13.4. The van der Waals surface area contributed by atoms with E-state index in [1.807, 2.05) is 18.0 Å². The van der Waals surface area contributed by atoms with Gasteiger partial charge < -0.3 is 4.90 Å². The Kier molecular flexibility index (Phi) is 4.30. The van der Waals surface area contributed by atoms with Crippen LogP contribution in [0.5, 0.6) is 0 Å². The summed E-state index contributed by atoms with van der Waals surface area (Å²) in [5.41, 5.74) is 5.28. The van der Waals surface area contributed by atoms with Crippen LogP contribution in [0.1, 0.15) is 44.9 Å².